The summed E-state index contributed by atoms with van der Waals surface area (Å²) in [5.41, 5.74) is 6.65. The number of halogens is 3. The quantitative estimate of drug-likeness (QED) is 0.874. The van der Waals surface area contributed by atoms with Crippen LogP contribution in [0.5, 0.6) is 5.75 Å². The molecule has 0 aliphatic heterocycles. The van der Waals surface area contributed by atoms with Crippen LogP contribution in [0, 0.1) is 5.92 Å². The van der Waals surface area contributed by atoms with Crippen LogP contribution < -0.4 is 10.5 Å². The molecule has 0 spiro atoms. The molecular weight excluding hydrogens is 269 g/mol. The molecule has 20 heavy (non-hydrogen) atoms. The predicted molar refractivity (Wildman–Crippen MR) is 72.4 cm³/mol. The van der Waals surface area contributed by atoms with Gasteiger partial charge in [-0.05, 0) is 30.7 Å². The molecule has 0 heterocycles. The van der Waals surface area contributed by atoms with Crippen LogP contribution in [-0.4, -0.2) is 31.4 Å². The first-order valence-corrected chi connectivity index (χ1v) is 6.49. The highest BCUT2D eigenvalue weighted by molar-refractivity contribution is 5.29. The fourth-order valence-electron chi connectivity index (χ4n) is 2.17. The Labute approximate surface area is 117 Å². The van der Waals surface area contributed by atoms with E-state index < -0.39 is 6.36 Å². The van der Waals surface area contributed by atoms with Gasteiger partial charge in [-0.25, -0.2) is 0 Å². The maximum Gasteiger partial charge on any atom is 0.573 e. The number of likely N-dealkylation sites (N-methyl/N-ethyl adjacent to an activating group) is 1. The minimum absolute atomic E-state index is 0.0164. The van der Waals surface area contributed by atoms with E-state index >= 15 is 0 Å². The predicted octanol–water partition coefficient (Wildman–Crippen LogP) is 3.17. The summed E-state index contributed by atoms with van der Waals surface area (Å²) in [6, 6.07) is 5.85. The second-order valence-corrected chi connectivity index (χ2v) is 5.20. The van der Waals surface area contributed by atoms with Crippen LogP contribution in [0.15, 0.2) is 24.3 Å². The molecule has 6 heteroatoms. The van der Waals surface area contributed by atoms with Gasteiger partial charge in [-0.1, -0.05) is 26.0 Å². The molecule has 114 valence electrons. The summed E-state index contributed by atoms with van der Waals surface area (Å²) in [4.78, 5) is 2.10. The Bertz CT molecular complexity index is 404. The highest BCUT2D eigenvalue weighted by Crippen LogP contribution is 2.26. The van der Waals surface area contributed by atoms with Gasteiger partial charge in [0.25, 0.3) is 0 Å². The Morgan fingerprint density at radius 3 is 2.15 bits per heavy atom. The molecule has 3 nitrogen and oxygen atoms in total. The zero-order valence-electron chi connectivity index (χ0n) is 11.9. The Balaban J connectivity index is 2.79. The number of benzene rings is 1. The molecule has 0 fully saturated rings. The Kier molecular flexibility index (Phi) is 5.83. The molecule has 1 aromatic carbocycles. The second-order valence-electron chi connectivity index (χ2n) is 5.20. The van der Waals surface area contributed by atoms with E-state index in [1.807, 2.05) is 7.05 Å². The molecule has 0 aliphatic rings. The summed E-state index contributed by atoms with van der Waals surface area (Å²) in [5.74, 6) is 0.269. The Hall–Kier alpha value is -1.27. The van der Waals surface area contributed by atoms with E-state index in [1.54, 1.807) is 12.1 Å². The van der Waals surface area contributed by atoms with Crippen molar-refractivity contribution in [2.24, 2.45) is 11.7 Å². The lowest BCUT2D eigenvalue weighted by Gasteiger charge is -2.29. The molecule has 0 aliphatic carbocycles. The lowest BCUT2D eigenvalue weighted by molar-refractivity contribution is -0.274. The number of hydrogen-bond acceptors (Lipinski definition) is 3. The molecule has 0 aromatic heterocycles. The van der Waals surface area contributed by atoms with Crippen LogP contribution in [0.4, 0.5) is 13.2 Å². The smallest absolute Gasteiger partial charge is 0.406 e. The van der Waals surface area contributed by atoms with Crippen molar-refractivity contribution in [1.82, 2.24) is 4.90 Å². The molecule has 1 atom stereocenters. The lowest BCUT2D eigenvalue weighted by atomic mass is 10.0. The van der Waals surface area contributed by atoms with Gasteiger partial charge in [-0.3, -0.25) is 4.90 Å². The molecule has 0 amide bonds. The van der Waals surface area contributed by atoms with Crippen molar-refractivity contribution >= 4 is 0 Å². The van der Waals surface area contributed by atoms with Crippen molar-refractivity contribution in [2.75, 3.05) is 20.1 Å². The molecule has 1 unspecified atom stereocenters. The van der Waals surface area contributed by atoms with Gasteiger partial charge in [0, 0.05) is 19.1 Å². The summed E-state index contributed by atoms with van der Waals surface area (Å²) in [7, 11) is 1.96. The zero-order valence-corrected chi connectivity index (χ0v) is 11.9. The third-order valence-corrected chi connectivity index (χ3v) is 2.91. The highest BCUT2D eigenvalue weighted by atomic mass is 19.4. The topological polar surface area (TPSA) is 38.5 Å². The summed E-state index contributed by atoms with van der Waals surface area (Å²) in [6.45, 7) is 5.47. The van der Waals surface area contributed by atoms with Gasteiger partial charge >= 0.3 is 6.36 Å². The van der Waals surface area contributed by atoms with Crippen LogP contribution in [0.3, 0.4) is 0 Å². The minimum atomic E-state index is -4.66. The average Bonchev–Trinajstić information content (AvgIpc) is 2.29. The standard InChI is InChI=1S/C14H21F3N2O/c1-10(2)9-19(3)13(8-18)11-4-6-12(7-5-11)20-14(15,16)17/h4-7,10,13H,8-9,18H2,1-3H3. The van der Waals surface area contributed by atoms with Crippen LogP contribution >= 0.6 is 0 Å². The van der Waals surface area contributed by atoms with Crippen LogP contribution in [-0.2, 0) is 0 Å². The number of hydrogen-bond donors (Lipinski definition) is 1. The molecular formula is C14H21F3N2O. The van der Waals surface area contributed by atoms with Gasteiger partial charge in [0.2, 0.25) is 0 Å². The SMILES string of the molecule is CC(C)CN(C)C(CN)c1ccc(OC(F)(F)F)cc1. The summed E-state index contributed by atoms with van der Waals surface area (Å²) in [6.07, 6.45) is -4.66. The van der Waals surface area contributed by atoms with Gasteiger partial charge in [0.15, 0.2) is 0 Å². The van der Waals surface area contributed by atoms with E-state index in [0.29, 0.717) is 12.5 Å². The van der Waals surface area contributed by atoms with Crippen LogP contribution in [0.2, 0.25) is 0 Å². The first kappa shape index (κ1) is 16.8. The van der Waals surface area contributed by atoms with Crippen molar-refractivity contribution in [2.45, 2.75) is 26.3 Å². The number of rotatable bonds is 6. The largest absolute Gasteiger partial charge is 0.573 e. The maximum absolute atomic E-state index is 12.1. The molecule has 1 aromatic rings. The van der Waals surface area contributed by atoms with E-state index in [4.69, 9.17) is 5.73 Å². The van der Waals surface area contributed by atoms with E-state index in [9.17, 15) is 13.2 Å². The summed E-state index contributed by atoms with van der Waals surface area (Å²) >= 11 is 0. The lowest BCUT2D eigenvalue weighted by Crippen LogP contribution is -2.33. The summed E-state index contributed by atoms with van der Waals surface area (Å²) < 4.78 is 40.1. The molecule has 2 N–H and O–H groups in total. The van der Waals surface area contributed by atoms with Crippen molar-refractivity contribution in [3.63, 3.8) is 0 Å². The Morgan fingerprint density at radius 1 is 1.20 bits per heavy atom. The third kappa shape index (κ3) is 5.38. The van der Waals surface area contributed by atoms with E-state index in [1.165, 1.54) is 12.1 Å². The van der Waals surface area contributed by atoms with Gasteiger partial charge in [-0.15, -0.1) is 13.2 Å². The Morgan fingerprint density at radius 2 is 1.75 bits per heavy atom. The van der Waals surface area contributed by atoms with Crippen molar-refractivity contribution in [3.8, 4) is 5.75 Å². The molecule has 0 bridgehead atoms. The minimum Gasteiger partial charge on any atom is -0.406 e. The highest BCUT2D eigenvalue weighted by Gasteiger charge is 2.31. The van der Waals surface area contributed by atoms with E-state index in [2.05, 4.69) is 23.5 Å². The fraction of sp³-hybridized carbons (Fsp3) is 0.571. The van der Waals surface area contributed by atoms with Crippen molar-refractivity contribution in [3.05, 3.63) is 29.8 Å². The van der Waals surface area contributed by atoms with Gasteiger partial charge in [0.1, 0.15) is 5.75 Å². The number of ether oxygens (including phenoxy) is 1. The maximum atomic E-state index is 12.1. The van der Waals surface area contributed by atoms with Crippen LogP contribution in [0.25, 0.3) is 0 Å². The molecule has 0 saturated carbocycles. The summed E-state index contributed by atoms with van der Waals surface area (Å²) in [5, 5.41) is 0. The molecule has 0 saturated heterocycles. The zero-order chi connectivity index (χ0) is 15.3. The third-order valence-electron chi connectivity index (χ3n) is 2.91. The van der Waals surface area contributed by atoms with Gasteiger partial charge in [-0.2, -0.15) is 0 Å². The van der Waals surface area contributed by atoms with E-state index in [0.717, 1.165) is 12.1 Å². The number of nitrogens with two attached hydrogens (primary N) is 1. The first-order chi connectivity index (χ1) is 9.23. The van der Waals surface area contributed by atoms with Crippen molar-refractivity contribution in [1.29, 1.82) is 0 Å². The number of nitrogens with zero attached hydrogens (tertiary/aromatic N) is 1. The monoisotopic (exact) mass is 290 g/mol. The average molecular weight is 290 g/mol. The molecule has 1 rings (SSSR count). The normalized spacial score (nSPS) is 13.8. The second kappa shape index (κ2) is 6.95. The van der Waals surface area contributed by atoms with E-state index in [-0.39, 0.29) is 11.8 Å². The van der Waals surface area contributed by atoms with Gasteiger partial charge in [0.05, 0.1) is 0 Å². The molecule has 0 radical (unpaired) electrons. The van der Waals surface area contributed by atoms with Crippen molar-refractivity contribution < 1.29 is 17.9 Å². The van der Waals surface area contributed by atoms with Crippen LogP contribution in [0.1, 0.15) is 25.5 Å². The fourth-order valence-corrected chi connectivity index (χ4v) is 2.17. The first-order valence-electron chi connectivity index (χ1n) is 6.49. The van der Waals surface area contributed by atoms with Gasteiger partial charge < -0.3 is 10.5 Å². The number of alkyl halides is 3.